The molecule has 1 aromatic carbocycles. The van der Waals surface area contributed by atoms with Gasteiger partial charge in [-0.15, -0.1) is 10.2 Å². The van der Waals surface area contributed by atoms with E-state index in [0.717, 1.165) is 4.47 Å². The number of H-pyrrole nitrogens is 1. The molecule has 1 aromatic heterocycles. The van der Waals surface area contributed by atoms with Crippen LogP contribution in [0.3, 0.4) is 0 Å². The molecule has 0 fully saturated rings. The minimum absolute atomic E-state index is 0.122. The van der Waals surface area contributed by atoms with E-state index in [0.29, 0.717) is 11.4 Å². The van der Waals surface area contributed by atoms with Gasteiger partial charge in [0.2, 0.25) is 5.91 Å². The van der Waals surface area contributed by atoms with Crippen LogP contribution in [-0.2, 0) is 11.3 Å². The highest BCUT2D eigenvalue weighted by molar-refractivity contribution is 9.10. The summed E-state index contributed by atoms with van der Waals surface area (Å²) in [5, 5.41) is 18.1. The van der Waals surface area contributed by atoms with Gasteiger partial charge in [0, 0.05) is 10.0 Å². The highest BCUT2D eigenvalue weighted by atomic mass is 79.9. The number of benzene rings is 1. The van der Waals surface area contributed by atoms with Crippen molar-refractivity contribution in [1.82, 2.24) is 31.3 Å². The van der Waals surface area contributed by atoms with E-state index in [-0.39, 0.29) is 24.9 Å². The number of hydrogen-bond acceptors (Lipinski definition) is 5. The van der Waals surface area contributed by atoms with E-state index in [4.69, 9.17) is 0 Å². The van der Waals surface area contributed by atoms with Gasteiger partial charge in [-0.1, -0.05) is 27.2 Å². The molecule has 0 atom stereocenters. The number of carbonyl (C=O) groups is 2. The van der Waals surface area contributed by atoms with E-state index < -0.39 is 0 Å². The molecule has 2 aromatic rings. The zero-order chi connectivity index (χ0) is 14.4. The number of aromatic nitrogens is 4. The third kappa shape index (κ3) is 4.12. The Kier molecular flexibility index (Phi) is 4.77. The number of hydrogen-bond donors (Lipinski definition) is 3. The summed E-state index contributed by atoms with van der Waals surface area (Å²) in [7, 11) is 0. The average molecular weight is 339 g/mol. The Bertz CT molecular complexity index is 601. The van der Waals surface area contributed by atoms with Gasteiger partial charge in [-0.05, 0) is 18.2 Å². The molecule has 0 aliphatic rings. The molecule has 0 saturated heterocycles. The van der Waals surface area contributed by atoms with Crippen LogP contribution < -0.4 is 10.6 Å². The van der Waals surface area contributed by atoms with Crippen LogP contribution in [0.4, 0.5) is 0 Å². The number of tetrazole rings is 1. The summed E-state index contributed by atoms with van der Waals surface area (Å²) < 4.78 is 0.798. The molecule has 2 rings (SSSR count). The molecule has 2 amide bonds. The maximum atomic E-state index is 11.8. The van der Waals surface area contributed by atoms with Gasteiger partial charge in [-0.2, -0.15) is 5.21 Å². The summed E-state index contributed by atoms with van der Waals surface area (Å²) in [5.41, 5.74) is 0.477. The van der Waals surface area contributed by atoms with E-state index in [1.54, 1.807) is 18.2 Å². The molecule has 0 unspecified atom stereocenters. The number of nitrogens with one attached hydrogen (secondary N) is 3. The van der Waals surface area contributed by atoms with E-state index in [2.05, 4.69) is 47.2 Å². The first-order valence-electron chi connectivity index (χ1n) is 5.68. The maximum Gasteiger partial charge on any atom is 0.251 e. The third-order valence-electron chi connectivity index (χ3n) is 2.33. The molecule has 0 spiro atoms. The maximum absolute atomic E-state index is 11.8. The number of halogens is 1. The molecular weight excluding hydrogens is 328 g/mol. The summed E-state index contributed by atoms with van der Waals surface area (Å²) in [5.74, 6) is -0.282. The fraction of sp³-hybridized carbons (Fsp3) is 0.182. The SMILES string of the molecule is O=C(CNC(=O)c1cccc(Br)c1)NCc1nn[nH]n1. The molecule has 9 heteroatoms. The molecule has 8 nitrogen and oxygen atoms in total. The van der Waals surface area contributed by atoms with Gasteiger partial charge in [-0.25, -0.2) is 0 Å². The second kappa shape index (κ2) is 6.75. The van der Waals surface area contributed by atoms with E-state index in [1.807, 2.05) is 6.07 Å². The van der Waals surface area contributed by atoms with Gasteiger partial charge in [0.15, 0.2) is 5.82 Å². The van der Waals surface area contributed by atoms with Crippen LogP contribution in [0.5, 0.6) is 0 Å². The Labute approximate surface area is 122 Å². The van der Waals surface area contributed by atoms with Crippen molar-refractivity contribution in [2.24, 2.45) is 0 Å². The fourth-order valence-electron chi connectivity index (χ4n) is 1.39. The molecule has 0 radical (unpaired) electrons. The van der Waals surface area contributed by atoms with Gasteiger partial charge in [0.05, 0.1) is 13.1 Å². The summed E-state index contributed by atoms with van der Waals surface area (Å²) in [4.78, 5) is 23.3. The minimum atomic E-state index is -0.335. The van der Waals surface area contributed by atoms with E-state index >= 15 is 0 Å². The zero-order valence-corrected chi connectivity index (χ0v) is 11.8. The summed E-state index contributed by atoms with van der Waals surface area (Å²) in [6.45, 7) is 0.0330. The van der Waals surface area contributed by atoms with Crippen molar-refractivity contribution in [3.8, 4) is 0 Å². The van der Waals surface area contributed by atoms with Crippen molar-refractivity contribution in [3.63, 3.8) is 0 Å². The van der Waals surface area contributed by atoms with Crippen molar-refractivity contribution < 1.29 is 9.59 Å². The summed E-state index contributed by atoms with van der Waals surface area (Å²) in [6, 6.07) is 6.90. The van der Waals surface area contributed by atoms with Gasteiger partial charge in [0.25, 0.3) is 5.91 Å². The topological polar surface area (TPSA) is 113 Å². The lowest BCUT2D eigenvalue weighted by molar-refractivity contribution is -0.120. The molecule has 0 bridgehead atoms. The third-order valence-corrected chi connectivity index (χ3v) is 2.82. The Morgan fingerprint density at radius 3 is 2.85 bits per heavy atom. The quantitative estimate of drug-likeness (QED) is 0.710. The van der Waals surface area contributed by atoms with Gasteiger partial charge in [0.1, 0.15) is 0 Å². The van der Waals surface area contributed by atoms with E-state index in [1.165, 1.54) is 0 Å². The summed E-state index contributed by atoms with van der Waals surface area (Å²) in [6.07, 6.45) is 0. The molecule has 0 saturated carbocycles. The summed E-state index contributed by atoms with van der Waals surface area (Å²) >= 11 is 3.28. The van der Waals surface area contributed by atoms with Crippen LogP contribution in [0.15, 0.2) is 28.7 Å². The van der Waals surface area contributed by atoms with Gasteiger partial charge >= 0.3 is 0 Å². The van der Waals surface area contributed by atoms with Crippen molar-refractivity contribution in [3.05, 3.63) is 40.1 Å². The Morgan fingerprint density at radius 1 is 1.30 bits per heavy atom. The van der Waals surface area contributed by atoms with Crippen LogP contribution in [0.1, 0.15) is 16.2 Å². The standard InChI is InChI=1S/C11H11BrN6O2/c12-8-3-1-2-7(4-8)11(20)14-6-10(19)13-5-9-15-17-18-16-9/h1-4H,5-6H2,(H,13,19)(H,14,20)(H,15,16,17,18). The van der Waals surface area contributed by atoms with Crippen molar-refractivity contribution in [2.75, 3.05) is 6.54 Å². The lowest BCUT2D eigenvalue weighted by Gasteiger charge is -2.05. The van der Waals surface area contributed by atoms with Crippen molar-refractivity contribution in [2.45, 2.75) is 6.54 Å². The van der Waals surface area contributed by atoms with Crippen molar-refractivity contribution in [1.29, 1.82) is 0 Å². The Hall–Kier alpha value is -2.29. The molecule has 0 aliphatic heterocycles. The number of amides is 2. The van der Waals surface area contributed by atoms with E-state index in [9.17, 15) is 9.59 Å². The minimum Gasteiger partial charge on any atom is -0.347 e. The van der Waals surface area contributed by atoms with Crippen LogP contribution in [0.2, 0.25) is 0 Å². The highest BCUT2D eigenvalue weighted by Gasteiger charge is 2.08. The predicted octanol–water partition coefficient (Wildman–Crippen LogP) is 0.00840. The second-order valence-electron chi connectivity index (χ2n) is 3.80. The first kappa shape index (κ1) is 14.1. The predicted molar refractivity (Wildman–Crippen MR) is 72.5 cm³/mol. The normalized spacial score (nSPS) is 10.1. The zero-order valence-electron chi connectivity index (χ0n) is 10.3. The molecule has 104 valence electrons. The first-order chi connectivity index (χ1) is 9.65. The molecule has 0 aliphatic carbocycles. The lowest BCUT2D eigenvalue weighted by Crippen LogP contribution is -2.36. The molecule has 3 N–H and O–H groups in total. The average Bonchev–Trinajstić information content (AvgIpc) is 2.95. The number of rotatable bonds is 5. The van der Waals surface area contributed by atoms with Crippen LogP contribution >= 0.6 is 15.9 Å². The molecule has 20 heavy (non-hydrogen) atoms. The van der Waals surface area contributed by atoms with Gasteiger partial charge < -0.3 is 10.6 Å². The van der Waals surface area contributed by atoms with Gasteiger partial charge in [-0.3, -0.25) is 9.59 Å². The molecular formula is C11H11BrN6O2. The fourth-order valence-corrected chi connectivity index (χ4v) is 1.79. The smallest absolute Gasteiger partial charge is 0.251 e. The number of carbonyl (C=O) groups excluding carboxylic acids is 2. The monoisotopic (exact) mass is 338 g/mol. The van der Waals surface area contributed by atoms with Crippen LogP contribution in [-0.4, -0.2) is 39.0 Å². The lowest BCUT2D eigenvalue weighted by atomic mass is 10.2. The van der Waals surface area contributed by atoms with Crippen LogP contribution in [0.25, 0.3) is 0 Å². The Balaban J connectivity index is 1.77. The second-order valence-corrected chi connectivity index (χ2v) is 4.71. The Morgan fingerprint density at radius 2 is 2.15 bits per heavy atom. The highest BCUT2D eigenvalue weighted by Crippen LogP contribution is 2.11. The largest absolute Gasteiger partial charge is 0.347 e. The number of aromatic amines is 1. The first-order valence-corrected chi connectivity index (χ1v) is 6.47. The molecule has 1 heterocycles. The van der Waals surface area contributed by atoms with Crippen molar-refractivity contribution >= 4 is 27.7 Å². The van der Waals surface area contributed by atoms with Crippen LogP contribution in [0, 0.1) is 0 Å². The number of nitrogens with zero attached hydrogens (tertiary/aromatic N) is 3.